The lowest BCUT2D eigenvalue weighted by molar-refractivity contribution is -0.116. The number of rotatable bonds is 3. The Morgan fingerprint density at radius 3 is 2.55 bits per heavy atom. The van der Waals surface area contributed by atoms with Crippen molar-refractivity contribution in [3.05, 3.63) is 58.9 Å². The highest BCUT2D eigenvalue weighted by Gasteiger charge is 2.30. The van der Waals surface area contributed by atoms with Gasteiger partial charge in [0.2, 0.25) is 5.91 Å². The third-order valence-corrected chi connectivity index (χ3v) is 4.09. The number of methoxy groups -OCH3 is 1. The Balaban J connectivity index is 1.98. The maximum absolute atomic E-state index is 14.2. The van der Waals surface area contributed by atoms with Crippen molar-refractivity contribution in [1.82, 2.24) is 0 Å². The first-order chi connectivity index (χ1) is 10.5. The summed E-state index contributed by atoms with van der Waals surface area (Å²) < 4.78 is 19.3. The lowest BCUT2D eigenvalue weighted by Gasteiger charge is -2.15. The molecule has 0 aliphatic carbocycles. The molecule has 0 radical (unpaired) electrons. The lowest BCUT2D eigenvalue weighted by atomic mass is 9.94. The van der Waals surface area contributed by atoms with Gasteiger partial charge in [-0.25, -0.2) is 4.39 Å². The van der Waals surface area contributed by atoms with Crippen molar-refractivity contribution in [2.45, 2.75) is 18.9 Å². The maximum Gasteiger partial charge on any atom is 0.231 e. The van der Waals surface area contributed by atoms with Crippen molar-refractivity contribution in [2.75, 3.05) is 12.4 Å². The van der Waals surface area contributed by atoms with Gasteiger partial charge in [0.05, 0.1) is 24.8 Å². The van der Waals surface area contributed by atoms with Crippen LogP contribution in [-0.2, 0) is 4.79 Å². The van der Waals surface area contributed by atoms with Gasteiger partial charge in [0, 0.05) is 0 Å². The van der Waals surface area contributed by atoms with Gasteiger partial charge >= 0.3 is 0 Å². The Labute approximate surface area is 128 Å². The normalized spacial score (nSPS) is 17.8. The van der Waals surface area contributed by atoms with Gasteiger partial charge in [-0.2, -0.15) is 0 Å². The van der Waals surface area contributed by atoms with Crippen molar-refractivity contribution < 1.29 is 13.9 Å². The fourth-order valence-corrected chi connectivity index (χ4v) is 2.68. The van der Waals surface area contributed by atoms with Crippen LogP contribution in [0.25, 0.3) is 0 Å². The molecule has 1 aliphatic rings. The zero-order chi connectivity index (χ0) is 15.9. The van der Waals surface area contributed by atoms with E-state index in [0.29, 0.717) is 11.1 Å². The number of carbonyl (C=O) groups is 1. The lowest BCUT2D eigenvalue weighted by Crippen LogP contribution is -2.12. The average Bonchev–Trinajstić information content (AvgIpc) is 2.83. The van der Waals surface area contributed by atoms with Crippen LogP contribution in [0.1, 0.15) is 35.6 Å². The van der Waals surface area contributed by atoms with Crippen molar-refractivity contribution in [3.63, 3.8) is 0 Å². The van der Waals surface area contributed by atoms with Gasteiger partial charge in [0.15, 0.2) is 0 Å². The first kappa shape index (κ1) is 14.5. The highest BCUT2D eigenvalue weighted by Crippen LogP contribution is 2.37. The monoisotopic (exact) mass is 300 g/mol. The third kappa shape index (κ3) is 2.33. The van der Waals surface area contributed by atoms with Crippen LogP contribution >= 0.6 is 0 Å². The number of fused-ring (bicyclic) bond motifs is 1. The summed E-state index contributed by atoms with van der Waals surface area (Å²) >= 11 is 0. The summed E-state index contributed by atoms with van der Waals surface area (Å²) in [5.74, 6) is -0.273. The van der Waals surface area contributed by atoms with E-state index in [-0.39, 0.29) is 17.5 Å². The molecule has 2 unspecified atom stereocenters. The molecule has 3 rings (SSSR count). The highest BCUT2D eigenvalue weighted by molar-refractivity contribution is 6.02. The largest absolute Gasteiger partial charge is 0.497 e. The number of benzene rings is 2. The number of halogens is 1. The first-order valence-corrected chi connectivity index (χ1v) is 7.05. The molecular formula is C17H17FN2O2. The highest BCUT2D eigenvalue weighted by atomic mass is 19.1. The van der Waals surface area contributed by atoms with Gasteiger partial charge in [0.1, 0.15) is 11.6 Å². The van der Waals surface area contributed by atoms with Crippen molar-refractivity contribution in [3.8, 4) is 5.75 Å². The summed E-state index contributed by atoms with van der Waals surface area (Å²) in [5.41, 5.74) is 8.66. The topological polar surface area (TPSA) is 64.3 Å². The molecule has 0 saturated heterocycles. The van der Waals surface area contributed by atoms with Crippen LogP contribution < -0.4 is 15.8 Å². The van der Waals surface area contributed by atoms with Gasteiger partial charge in [-0.05, 0) is 41.8 Å². The van der Waals surface area contributed by atoms with E-state index in [1.165, 1.54) is 6.07 Å². The molecule has 2 atom stereocenters. The van der Waals surface area contributed by atoms with E-state index in [9.17, 15) is 9.18 Å². The summed E-state index contributed by atoms with van der Waals surface area (Å²) in [5, 5.41) is 2.57. The van der Waals surface area contributed by atoms with E-state index < -0.39 is 11.9 Å². The number of amides is 1. The standard InChI is InChI=1S/C17H17FN2O2/c1-9-13-7-11(8-14(18)16(13)20-17(9)21)15(19)10-3-5-12(22-2)6-4-10/h3-9,15H,19H2,1-2H3,(H,20,21). The predicted octanol–water partition coefficient (Wildman–Crippen LogP) is 2.94. The fourth-order valence-electron chi connectivity index (χ4n) is 2.68. The summed E-state index contributed by atoms with van der Waals surface area (Å²) in [6.07, 6.45) is 0. The number of hydrogen-bond donors (Lipinski definition) is 2. The number of anilines is 1. The minimum Gasteiger partial charge on any atom is -0.497 e. The second-order valence-corrected chi connectivity index (χ2v) is 5.43. The molecule has 2 aromatic rings. The van der Waals surface area contributed by atoms with Crippen molar-refractivity contribution >= 4 is 11.6 Å². The van der Waals surface area contributed by atoms with Crippen LogP contribution in [-0.4, -0.2) is 13.0 Å². The summed E-state index contributed by atoms with van der Waals surface area (Å²) in [6.45, 7) is 1.75. The first-order valence-electron chi connectivity index (χ1n) is 7.05. The quantitative estimate of drug-likeness (QED) is 0.916. The van der Waals surface area contributed by atoms with Crippen LogP contribution in [0.3, 0.4) is 0 Å². The Morgan fingerprint density at radius 1 is 1.23 bits per heavy atom. The Hall–Kier alpha value is -2.40. The van der Waals surface area contributed by atoms with E-state index >= 15 is 0 Å². The SMILES string of the molecule is COc1ccc(C(N)c2cc(F)c3c(c2)C(C)C(=O)N3)cc1. The second kappa shape index (κ2) is 5.42. The van der Waals surface area contributed by atoms with Crippen molar-refractivity contribution in [2.24, 2.45) is 5.73 Å². The average molecular weight is 300 g/mol. The molecule has 0 fully saturated rings. The van der Waals surface area contributed by atoms with E-state index in [4.69, 9.17) is 10.5 Å². The molecule has 5 heteroatoms. The molecule has 3 N–H and O–H groups in total. The van der Waals surface area contributed by atoms with Crippen LogP contribution in [0.5, 0.6) is 5.75 Å². The van der Waals surface area contributed by atoms with Crippen LogP contribution in [0.4, 0.5) is 10.1 Å². The molecule has 1 amide bonds. The summed E-state index contributed by atoms with van der Waals surface area (Å²) in [7, 11) is 1.59. The number of nitrogens with two attached hydrogens (primary N) is 1. The molecule has 2 aromatic carbocycles. The molecule has 1 heterocycles. The third-order valence-electron chi connectivity index (χ3n) is 4.09. The number of nitrogens with one attached hydrogen (secondary N) is 1. The molecule has 22 heavy (non-hydrogen) atoms. The van der Waals surface area contributed by atoms with E-state index in [1.54, 1.807) is 20.1 Å². The number of hydrogen-bond acceptors (Lipinski definition) is 3. The molecule has 0 bridgehead atoms. The van der Waals surface area contributed by atoms with E-state index in [2.05, 4.69) is 5.32 Å². The minimum absolute atomic E-state index is 0.191. The van der Waals surface area contributed by atoms with Gasteiger partial charge in [-0.3, -0.25) is 4.79 Å². The summed E-state index contributed by atoms with van der Waals surface area (Å²) in [6, 6.07) is 10.0. The Kier molecular flexibility index (Phi) is 3.58. The zero-order valence-electron chi connectivity index (χ0n) is 12.4. The predicted molar refractivity (Wildman–Crippen MR) is 82.5 cm³/mol. The van der Waals surface area contributed by atoms with Gasteiger partial charge in [-0.1, -0.05) is 18.2 Å². The van der Waals surface area contributed by atoms with Gasteiger partial charge < -0.3 is 15.8 Å². The molecular weight excluding hydrogens is 283 g/mol. The molecule has 0 aromatic heterocycles. The maximum atomic E-state index is 14.2. The molecule has 0 saturated carbocycles. The minimum atomic E-state index is -0.464. The van der Waals surface area contributed by atoms with Crippen LogP contribution in [0, 0.1) is 5.82 Å². The number of ether oxygens (including phenoxy) is 1. The second-order valence-electron chi connectivity index (χ2n) is 5.43. The van der Waals surface area contributed by atoms with Crippen LogP contribution in [0.15, 0.2) is 36.4 Å². The number of carbonyl (C=O) groups excluding carboxylic acids is 1. The molecule has 0 spiro atoms. The van der Waals surface area contributed by atoms with Gasteiger partial charge in [-0.15, -0.1) is 0 Å². The Bertz CT molecular complexity index is 728. The summed E-state index contributed by atoms with van der Waals surface area (Å²) in [4.78, 5) is 11.7. The zero-order valence-corrected chi connectivity index (χ0v) is 12.4. The van der Waals surface area contributed by atoms with Crippen molar-refractivity contribution in [1.29, 1.82) is 0 Å². The van der Waals surface area contributed by atoms with Gasteiger partial charge in [0.25, 0.3) is 0 Å². The van der Waals surface area contributed by atoms with Crippen LogP contribution in [0.2, 0.25) is 0 Å². The molecule has 114 valence electrons. The molecule has 1 aliphatic heterocycles. The van der Waals surface area contributed by atoms with E-state index in [0.717, 1.165) is 11.3 Å². The van der Waals surface area contributed by atoms with E-state index in [1.807, 2.05) is 24.3 Å². The molecule has 4 nitrogen and oxygen atoms in total. The smallest absolute Gasteiger partial charge is 0.231 e. The Morgan fingerprint density at radius 2 is 1.91 bits per heavy atom. The fraction of sp³-hybridized carbons (Fsp3) is 0.235.